The predicted molar refractivity (Wildman–Crippen MR) is 70.5 cm³/mol. The predicted octanol–water partition coefficient (Wildman–Crippen LogP) is 1.85. The van der Waals surface area contributed by atoms with Crippen LogP contribution in [0.1, 0.15) is 36.5 Å². The van der Waals surface area contributed by atoms with Crippen molar-refractivity contribution in [3.63, 3.8) is 0 Å². The topological polar surface area (TPSA) is 83.5 Å². The second-order valence-corrected chi connectivity index (χ2v) is 6.56. The highest BCUT2D eigenvalue weighted by Gasteiger charge is 2.39. The summed E-state index contributed by atoms with van der Waals surface area (Å²) in [4.78, 5) is 10.8. The van der Waals surface area contributed by atoms with Crippen LogP contribution >= 0.6 is 0 Å². The number of hydrogen-bond acceptors (Lipinski definition) is 3. The first-order chi connectivity index (χ1) is 8.94. The molecule has 1 fully saturated rings. The lowest BCUT2D eigenvalue weighted by atomic mass is 10.2. The van der Waals surface area contributed by atoms with E-state index in [-0.39, 0.29) is 16.5 Å². The third-order valence-corrected chi connectivity index (χ3v) is 4.77. The molecule has 1 aliphatic rings. The molecule has 0 aromatic heterocycles. The van der Waals surface area contributed by atoms with Crippen molar-refractivity contribution in [1.82, 2.24) is 4.72 Å². The molecule has 1 aromatic carbocycles. The largest absolute Gasteiger partial charge is 0.478 e. The van der Waals surface area contributed by atoms with Gasteiger partial charge < -0.3 is 5.11 Å². The van der Waals surface area contributed by atoms with Gasteiger partial charge in [-0.1, -0.05) is 19.4 Å². The number of nitrogens with one attached hydrogen (secondary N) is 1. The van der Waals surface area contributed by atoms with Gasteiger partial charge in [0.25, 0.3) is 0 Å². The first-order valence-electron chi connectivity index (χ1n) is 6.29. The van der Waals surface area contributed by atoms with Gasteiger partial charge in [-0.2, -0.15) is 0 Å². The second kappa shape index (κ2) is 5.30. The molecule has 0 aliphatic heterocycles. The van der Waals surface area contributed by atoms with Crippen molar-refractivity contribution in [1.29, 1.82) is 0 Å². The van der Waals surface area contributed by atoms with E-state index in [0.29, 0.717) is 5.92 Å². The third-order valence-electron chi connectivity index (χ3n) is 3.28. The summed E-state index contributed by atoms with van der Waals surface area (Å²) in [5, 5.41) is 8.87. The van der Waals surface area contributed by atoms with Crippen molar-refractivity contribution in [3.05, 3.63) is 29.8 Å². The Hall–Kier alpha value is -1.40. The highest BCUT2D eigenvalue weighted by Crippen LogP contribution is 2.35. The molecule has 2 unspecified atom stereocenters. The molecule has 0 heterocycles. The minimum Gasteiger partial charge on any atom is -0.478 e. The first-order valence-corrected chi connectivity index (χ1v) is 7.78. The van der Waals surface area contributed by atoms with Crippen LogP contribution in [-0.4, -0.2) is 25.5 Å². The molecule has 0 saturated heterocycles. The first kappa shape index (κ1) is 14.0. The van der Waals surface area contributed by atoms with E-state index in [2.05, 4.69) is 11.6 Å². The maximum absolute atomic E-state index is 12.1. The standard InChI is InChI=1S/C13H17NO4S/c1-2-4-9-8-12(9)14-19(17,18)11-6-3-5-10(7-11)13(15)16/h3,5-7,9,12,14H,2,4,8H2,1H3,(H,15,16). The van der Waals surface area contributed by atoms with Crippen molar-refractivity contribution in [2.24, 2.45) is 5.92 Å². The van der Waals surface area contributed by atoms with E-state index in [0.717, 1.165) is 19.3 Å². The van der Waals surface area contributed by atoms with Gasteiger partial charge in [0.2, 0.25) is 10.0 Å². The Labute approximate surface area is 112 Å². The molecule has 0 spiro atoms. The monoisotopic (exact) mass is 283 g/mol. The molecule has 2 atom stereocenters. The van der Waals surface area contributed by atoms with Gasteiger partial charge >= 0.3 is 5.97 Å². The summed E-state index contributed by atoms with van der Waals surface area (Å²) in [6.07, 6.45) is 2.92. The van der Waals surface area contributed by atoms with Crippen molar-refractivity contribution in [3.8, 4) is 0 Å². The normalized spacial score (nSPS) is 22.2. The highest BCUT2D eigenvalue weighted by atomic mass is 32.2. The fourth-order valence-electron chi connectivity index (χ4n) is 2.15. The molecule has 104 valence electrons. The molecule has 2 rings (SSSR count). The lowest BCUT2D eigenvalue weighted by Crippen LogP contribution is -2.27. The number of sulfonamides is 1. The molecular formula is C13H17NO4S. The Morgan fingerprint density at radius 3 is 2.84 bits per heavy atom. The Bertz CT molecular complexity index is 582. The molecule has 5 nitrogen and oxygen atoms in total. The molecule has 19 heavy (non-hydrogen) atoms. The summed E-state index contributed by atoms with van der Waals surface area (Å²) in [6, 6.07) is 5.40. The maximum Gasteiger partial charge on any atom is 0.335 e. The van der Waals surface area contributed by atoms with Crippen LogP contribution in [0.4, 0.5) is 0 Å². The molecule has 0 radical (unpaired) electrons. The lowest BCUT2D eigenvalue weighted by molar-refractivity contribution is 0.0696. The van der Waals surface area contributed by atoms with Crippen LogP contribution in [0.5, 0.6) is 0 Å². The number of hydrogen-bond donors (Lipinski definition) is 2. The second-order valence-electron chi connectivity index (χ2n) is 4.85. The Morgan fingerprint density at radius 1 is 1.47 bits per heavy atom. The van der Waals surface area contributed by atoms with E-state index in [9.17, 15) is 13.2 Å². The van der Waals surface area contributed by atoms with Crippen LogP contribution in [0.2, 0.25) is 0 Å². The zero-order chi connectivity index (χ0) is 14.0. The molecular weight excluding hydrogens is 266 g/mol. The quantitative estimate of drug-likeness (QED) is 0.834. The van der Waals surface area contributed by atoms with E-state index in [1.165, 1.54) is 24.3 Å². The summed E-state index contributed by atoms with van der Waals surface area (Å²) in [5.74, 6) is -0.713. The van der Waals surface area contributed by atoms with Gasteiger partial charge in [-0.25, -0.2) is 17.9 Å². The Morgan fingerprint density at radius 2 is 2.21 bits per heavy atom. The SMILES string of the molecule is CCCC1CC1NS(=O)(=O)c1cccc(C(=O)O)c1. The minimum atomic E-state index is -3.62. The average molecular weight is 283 g/mol. The Balaban J connectivity index is 2.12. The molecule has 0 bridgehead atoms. The number of carbonyl (C=O) groups is 1. The molecule has 1 aliphatic carbocycles. The molecule has 0 amide bonds. The summed E-state index contributed by atoms with van der Waals surface area (Å²) >= 11 is 0. The van der Waals surface area contributed by atoms with Gasteiger partial charge in [0.1, 0.15) is 0 Å². The van der Waals surface area contributed by atoms with Gasteiger partial charge in [0.05, 0.1) is 10.5 Å². The van der Waals surface area contributed by atoms with E-state index in [4.69, 9.17) is 5.11 Å². The number of carboxylic acids is 1. The third kappa shape index (κ3) is 3.33. The van der Waals surface area contributed by atoms with Crippen LogP contribution in [0, 0.1) is 5.92 Å². The number of benzene rings is 1. The average Bonchev–Trinajstić information content (AvgIpc) is 3.07. The van der Waals surface area contributed by atoms with E-state index in [1.54, 1.807) is 0 Å². The van der Waals surface area contributed by atoms with E-state index in [1.807, 2.05) is 0 Å². The van der Waals surface area contributed by atoms with Crippen LogP contribution < -0.4 is 4.72 Å². The van der Waals surface area contributed by atoms with Crippen molar-refractivity contribution < 1.29 is 18.3 Å². The number of rotatable bonds is 6. The number of aromatic carboxylic acids is 1. The van der Waals surface area contributed by atoms with Crippen LogP contribution in [-0.2, 0) is 10.0 Å². The Kier molecular flexibility index (Phi) is 3.91. The smallest absolute Gasteiger partial charge is 0.335 e. The summed E-state index contributed by atoms with van der Waals surface area (Å²) in [7, 11) is -3.62. The molecule has 2 N–H and O–H groups in total. The van der Waals surface area contributed by atoms with Crippen molar-refractivity contribution >= 4 is 16.0 Å². The number of carboxylic acid groups (broad SMARTS) is 1. The summed E-state index contributed by atoms with van der Waals surface area (Å²) in [6.45, 7) is 2.07. The van der Waals surface area contributed by atoms with Gasteiger partial charge in [0, 0.05) is 6.04 Å². The lowest BCUT2D eigenvalue weighted by Gasteiger charge is -2.07. The summed E-state index contributed by atoms with van der Waals surface area (Å²) < 4.78 is 26.8. The van der Waals surface area contributed by atoms with Gasteiger partial charge in [-0.15, -0.1) is 0 Å². The van der Waals surface area contributed by atoms with Crippen molar-refractivity contribution in [2.75, 3.05) is 0 Å². The molecule has 1 aromatic rings. The zero-order valence-electron chi connectivity index (χ0n) is 10.7. The van der Waals surface area contributed by atoms with Gasteiger partial charge in [-0.05, 0) is 37.0 Å². The zero-order valence-corrected chi connectivity index (χ0v) is 11.5. The van der Waals surface area contributed by atoms with E-state index >= 15 is 0 Å². The molecule has 1 saturated carbocycles. The summed E-state index contributed by atoms with van der Waals surface area (Å²) in [5.41, 5.74) is -0.0243. The fourth-order valence-corrected chi connectivity index (χ4v) is 3.51. The van der Waals surface area contributed by atoms with E-state index < -0.39 is 16.0 Å². The fraction of sp³-hybridized carbons (Fsp3) is 0.462. The van der Waals surface area contributed by atoms with Crippen molar-refractivity contribution in [2.45, 2.75) is 37.1 Å². The minimum absolute atomic E-state index is 0.00145. The van der Waals surface area contributed by atoms with Crippen LogP contribution in [0.25, 0.3) is 0 Å². The highest BCUT2D eigenvalue weighted by molar-refractivity contribution is 7.89. The van der Waals surface area contributed by atoms with Crippen LogP contribution in [0.3, 0.4) is 0 Å². The molecule has 6 heteroatoms. The maximum atomic E-state index is 12.1. The van der Waals surface area contributed by atoms with Crippen LogP contribution in [0.15, 0.2) is 29.2 Å². The van der Waals surface area contributed by atoms with Gasteiger partial charge in [0.15, 0.2) is 0 Å². The van der Waals surface area contributed by atoms with Gasteiger partial charge in [-0.3, -0.25) is 0 Å².